The molecule has 0 N–H and O–H groups in total. The highest BCUT2D eigenvalue weighted by molar-refractivity contribution is 5.93. The van der Waals surface area contributed by atoms with E-state index < -0.39 is 5.41 Å². The lowest BCUT2D eigenvalue weighted by atomic mass is 9.44. The van der Waals surface area contributed by atoms with E-state index >= 15 is 0 Å². The van der Waals surface area contributed by atoms with Crippen LogP contribution in [0.1, 0.15) is 78.6 Å². The van der Waals surface area contributed by atoms with Crippen molar-refractivity contribution in [2.45, 2.75) is 78.6 Å². The Balaban J connectivity index is 1.60. The van der Waals surface area contributed by atoms with Crippen LogP contribution in [-0.4, -0.2) is 30.4 Å². The van der Waals surface area contributed by atoms with Gasteiger partial charge in [0.25, 0.3) is 0 Å². The Kier molecular flexibility index (Phi) is 5.47. The molecule has 0 radical (unpaired) electrons. The molecule has 4 aliphatic carbocycles. The number of Topliss-reactive ketones (excluding diaryl/α,β-unsaturated/α-hetero) is 3. The van der Waals surface area contributed by atoms with Crippen LogP contribution in [0.5, 0.6) is 0 Å². The Morgan fingerprint density at radius 3 is 2.53 bits per heavy atom. The van der Waals surface area contributed by atoms with E-state index in [9.17, 15) is 19.2 Å². The maximum atomic E-state index is 13.7. The molecular formula is C25H36O5. The van der Waals surface area contributed by atoms with Gasteiger partial charge >= 0.3 is 5.97 Å². The van der Waals surface area contributed by atoms with Crippen molar-refractivity contribution >= 4 is 23.3 Å². The standard InChI is InChI=1S/C25H36O5/c1-14(5-8-22(29)30-4)17-6-7-18-23-19(13-21(28)25(17,18)3)24(2)10-9-16(26)11-15(24)12-20(23)27/h14-15,17-19,23H,5-13H2,1-4H3/t14?,15-,17+,18-,19-,23-,24-,25+/m0/s1. The van der Waals surface area contributed by atoms with Gasteiger partial charge < -0.3 is 4.74 Å². The van der Waals surface area contributed by atoms with Crippen molar-refractivity contribution in [3.8, 4) is 0 Å². The van der Waals surface area contributed by atoms with Crippen LogP contribution in [0.15, 0.2) is 0 Å². The van der Waals surface area contributed by atoms with E-state index in [0.29, 0.717) is 43.7 Å². The summed E-state index contributed by atoms with van der Waals surface area (Å²) in [6, 6.07) is 0. The van der Waals surface area contributed by atoms with Crippen LogP contribution >= 0.6 is 0 Å². The first-order valence-electron chi connectivity index (χ1n) is 11.8. The van der Waals surface area contributed by atoms with Crippen LogP contribution in [0.3, 0.4) is 0 Å². The molecule has 5 heteroatoms. The largest absolute Gasteiger partial charge is 0.469 e. The number of esters is 1. The molecule has 166 valence electrons. The molecule has 0 aromatic carbocycles. The number of fused-ring (bicyclic) bond motifs is 5. The molecule has 4 saturated carbocycles. The molecule has 0 aliphatic heterocycles. The van der Waals surface area contributed by atoms with Crippen LogP contribution in [0.25, 0.3) is 0 Å². The number of carbonyl (C=O) groups excluding carboxylic acids is 4. The maximum absolute atomic E-state index is 13.7. The highest BCUT2D eigenvalue weighted by Crippen LogP contribution is 2.66. The number of hydrogen-bond acceptors (Lipinski definition) is 5. The molecule has 5 nitrogen and oxygen atoms in total. The van der Waals surface area contributed by atoms with Gasteiger partial charge in [0, 0.05) is 43.4 Å². The molecular weight excluding hydrogens is 380 g/mol. The minimum absolute atomic E-state index is 0.0417. The van der Waals surface area contributed by atoms with E-state index in [1.165, 1.54) is 7.11 Å². The van der Waals surface area contributed by atoms with Crippen molar-refractivity contribution < 1.29 is 23.9 Å². The van der Waals surface area contributed by atoms with Crippen molar-refractivity contribution in [3.63, 3.8) is 0 Å². The van der Waals surface area contributed by atoms with Crippen LogP contribution in [0.2, 0.25) is 0 Å². The summed E-state index contributed by atoms with van der Waals surface area (Å²) in [5.41, 5.74) is -0.544. The van der Waals surface area contributed by atoms with Crippen molar-refractivity contribution in [2.24, 2.45) is 46.3 Å². The fraction of sp³-hybridized carbons (Fsp3) is 0.840. The second-order valence-corrected chi connectivity index (χ2v) is 11.0. The Bertz CT molecular complexity index is 772. The van der Waals surface area contributed by atoms with E-state index in [1.807, 2.05) is 0 Å². The van der Waals surface area contributed by atoms with Crippen molar-refractivity contribution in [1.29, 1.82) is 0 Å². The van der Waals surface area contributed by atoms with Gasteiger partial charge in [0.15, 0.2) is 0 Å². The van der Waals surface area contributed by atoms with Crippen molar-refractivity contribution in [2.75, 3.05) is 7.11 Å². The Labute approximate surface area is 179 Å². The van der Waals surface area contributed by atoms with Gasteiger partial charge in [-0.05, 0) is 60.7 Å². The van der Waals surface area contributed by atoms with Gasteiger partial charge in [-0.25, -0.2) is 0 Å². The normalized spacial score (nSPS) is 44.1. The van der Waals surface area contributed by atoms with Gasteiger partial charge in [-0.3, -0.25) is 19.2 Å². The van der Waals surface area contributed by atoms with Gasteiger partial charge in [0.1, 0.15) is 17.3 Å². The zero-order valence-electron chi connectivity index (χ0n) is 18.9. The first-order valence-corrected chi connectivity index (χ1v) is 11.8. The van der Waals surface area contributed by atoms with Crippen molar-refractivity contribution in [3.05, 3.63) is 0 Å². The predicted molar refractivity (Wildman–Crippen MR) is 111 cm³/mol. The first kappa shape index (κ1) is 21.7. The minimum Gasteiger partial charge on any atom is -0.469 e. The molecule has 30 heavy (non-hydrogen) atoms. The third kappa shape index (κ3) is 3.10. The monoisotopic (exact) mass is 416 g/mol. The summed E-state index contributed by atoms with van der Waals surface area (Å²) in [6.07, 6.45) is 5.87. The number of rotatable bonds is 4. The number of ether oxygens (including phenoxy) is 1. The molecule has 0 spiro atoms. The Morgan fingerprint density at radius 2 is 1.83 bits per heavy atom. The summed E-state index contributed by atoms with van der Waals surface area (Å²) in [7, 11) is 1.41. The van der Waals surface area contributed by atoms with Crippen LogP contribution in [-0.2, 0) is 23.9 Å². The molecule has 0 aromatic rings. The summed E-state index contributed by atoms with van der Waals surface area (Å²) < 4.78 is 4.80. The van der Waals surface area contributed by atoms with E-state index in [4.69, 9.17) is 4.74 Å². The number of hydrogen-bond donors (Lipinski definition) is 0. The van der Waals surface area contributed by atoms with Crippen LogP contribution < -0.4 is 0 Å². The Hall–Kier alpha value is -1.52. The molecule has 4 aliphatic rings. The lowest BCUT2D eigenvalue weighted by molar-refractivity contribution is -0.166. The first-order chi connectivity index (χ1) is 14.1. The van der Waals surface area contributed by atoms with E-state index in [-0.39, 0.29) is 52.7 Å². The van der Waals surface area contributed by atoms with E-state index in [0.717, 1.165) is 25.7 Å². The third-order valence-corrected chi connectivity index (χ3v) is 9.94. The van der Waals surface area contributed by atoms with Gasteiger partial charge in [0.2, 0.25) is 0 Å². The summed E-state index contributed by atoms with van der Waals surface area (Å²) >= 11 is 0. The van der Waals surface area contributed by atoms with Gasteiger partial charge in [-0.1, -0.05) is 20.8 Å². The van der Waals surface area contributed by atoms with Crippen LogP contribution in [0.4, 0.5) is 0 Å². The van der Waals surface area contributed by atoms with Crippen molar-refractivity contribution in [1.82, 2.24) is 0 Å². The molecule has 0 amide bonds. The molecule has 4 rings (SSSR count). The number of ketones is 3. The predicted octanol–water partition coefficient (Wildman–Crippen LogP) is 4.16. The molecule has 4 fully saturated rings. The molecule has 0 aromatic heterocycles. The van der Waals surface area contributed by atoms with Gasteiger partial charge in [0.05, 0.1) is 7.11 Å². The third-order valence-electron chi connectivity index (χ3n) is 9.94. The van der Waals surface area contributed by atoms with Gasteiger partial charge in [-0.15, -0.1) is 0 Å². The summed E-state index contributed by atoms with van der Waals surface area (Å²) in [6.45, 7) is 6.50. The SMILES string of the molecule is COC(=O)CCC(C)[C@H]1CC[C@H]2[C@@H]3C(=O)C[C@@H]4CC(=O)CC[C@]4(C)[C@H]3CC(=O)[C@]12C. The molecule has 0 heterocycles. The molecule has 0 saturated heterocycles. The second kappa shape index (κ2) is 7.56. The Morgan fingerprint density at radius 1 is 1.10 bits per heavy atom. The molecule has 0 bridgehead atoms. The average Bonchev–Trinajstić information content (AvgIpc) is 3.06. The molecule has 1 unspecified atom stereocenters. The zero-order chi connectivity index (χ0) is 21.8. The van der Waals surface area contributed by atoms with Gasteiger partial charge in [-0.2, -0.15) is 0 Å². The lowest BCUT2D eigenvalue weighted by Gasteiger charge is -2.58. The fourth-order valence-corrected chi connectivity index (χ4v) is 8.04. The van der Waals surface area contributed by atoms with Crippen LogP contribution in [0, 0.1) is 46.3 Å². The fourth-order valence-electron chi connectivity index (χ4n) is 8.04. The van der Waals surface area contributed by atoms with E-state index in [1.54, 1.807) is 0 Å². The second-order valence-electron chi connectivity index (χ2n) is 11.0. The summed E-state index contributed by atoms with van der Waals surface area (Å²) in [5, 5.41) is 0. The topological polar surface area (TPSA) is 77.5 Å². The summed E-state index contributed by atoms with van der Waals surface area (Å²) in [5.74, 6) is 1.41. The molecule has 8 atom stereocenters. The highest BCUT2D eigenvalue weighted by Gasteiger charge is 2.66. The minimum atomic E-state index is -0.472. The zero-order valence-corrected chi connectivity index (χ0v) is 18.9. The quantitative estimate of drug-likeness (QED) is 0.643. The summed E-state index contributed by atoms with van der Waals surface area (Å²) in [4.78, 5) is 50.7. The average molecular weight is 417 g/mol. The smallest absolute Gasteiger partial charge is 0.305 e. The maximum Gasteiger partial charge on any atom is 0.305 e. The highest BCUT2D eigenvalue weighted by atomic mass is 16.5. The number of methoxy groups -OCH3 is 1. The van der Waals surface area contributed by atoms with E-state index in [2.05, 4.69) is 20.8 Å². The lowest BCUT2D eigenvalue weighted by Crippen LogP contribution is -2.60. The number of carbonyl (C=O) groups is 4.